The van der Waals surface area contributed by atoms with Crippen molar-refractivity contribution in [2.45, 2.75) is 13.0 Å². The molecule has 1 atom stereocenters. The number of amides is 1. The van der Waals surface area contributed by atoms with Crippen molar-refractivity contribution >= 4 is 33.6 Å². The van der Waals surface area contributed by atoms with Gasteiger partial charge < -0.3 is 5.32 Å². The molecule has 0 fully saturated rings. The second-order valence-electron chi connectivity index (χ2n) is 2.06. The molecule has 0 rings (SSSR count). The fourth-order valence-electron chi connectivity index (χ4n) is 0.486. The normalized spacial score (nSPS) is 12.7. The quantitative estimate of drug-likeness (QED) is 0.731. The Morgan fingerprint density at radius 2 is 2.40 bits per heavy atom. The summed E-state index contributed by atoms with van der Waals surface area (Å²) >= 11 is 4.81. The summed E-state index contributed by atoms with van der Waals surface area (Å²) in [7, 11) is 0. The van der Waals surface area contributed by atoms with E-state index in [0.717, 1.165) is 5.33 Å². The first kappa shape index (κ1) is 10.3. The summed E-state index contributed by atoms with van der Waals surface area (Å²) in [6, 6.07) is 0.236. The zero-order chi connectivity index (χ0) is 7.98. The van der Waals surface area contributed by atoms with Gasteiger partial charge in [0.15, 0.2) is 0 Å². The molecule has 60 valence electrons. The highest BCUT2D eigenvalue weighted by atomic mass is 79.9. The Morgan fingerprint density at radius 1 is 1.80 bits per heavy atom. The number of alkyl halides is 1. The van der Waals surface area contributed by atoms with E-state index in [9.17, 15) is 4.79 Å². The van der Waals surface area contributed by atoms with Crippen LogP contribution >= 0.6 is 27.7 Å². The minimum absolute atomic E-state index is 0.111. The molecule has 0 saturated carbocycles. The highest BCUT2D eigenvalue weighted by molar-refractivity contribution is 9.09. The number of nitrogens with one attached hydrogen (secondary N) is 1. The van der Waals surface area contributed by atoms with Crippen LogP contribution in [-0.4, -0.2) is 29.3 Å². The van der Waals surface area contributed by atoms with E-state index in [-0.39, 0.29) is 11.9 Å². The Morgan fingerprint density at radius 3 is 2.80 bits per heavy atom. The van der Waals surface area contributed by atoms with E-state index in [1.54, 1.807) is 0 Å². The van der Waals surface area contributed by atoms with Gasteiger partial charge in [-0.2, -0.15) is 11.8 Å². The molecule has 1 unspecified atom stereocenters. The fourth-order valence-corrected chi connectivity index (χ4v) is 0.994. The Labute approximate surface area is 74.3 Å². The minimum atomic E-state index is 0.111. The van der Waals surface area contributed by atoms with Gasteiger partial charge in [0.2, 0.25) is 5.91 Å². The monoisotopic (exact) mass is 225 g/mol. The standard InChI is InChI=1S/C6H12BrNOS/c1-5(3-7)8-6(9)4-10-2/h5H,3-4H2,1-2H3,(H,8,9). The first-order valence-corrected chi connectivity index (χ1v) is 5.56. The van der Waals surface area contributed by atoms with Gasteiger partial charge in [0, 0.05) is 11.4 Å². The zero-order valence-corrected chi connectivity index (χ0v) is 8.59. The van der Waals surface area contributed by atoms with E-state index in [0.29, 0.717) is 5.75 Å². The highest BCUT2D eigenvalue weighted by Crippen LogP contribution is 1.92. The average Bonchev–Trinajstić information content (AvgIpc) is 1.88. The van der Waals surface area contributed by atoms with Crippen LogP contribution in [-0.2, 0) is 4.79 Å². The van der Waals surface area contributed by atoms with Crippen molar-refractivity contribution in [2.24, 2.45) is 0 Å². The van der Waals surface area contributed by atoms with Gasteiger partial charge in [-0.05, 0) is 13.2 Å². The first-order chi connectivity index (χ1) is 4.70. The summed E-state index contributed by atoms with van der Waals surface area (Å²) in [5, 5.41) is 3.64. The maximum atomic E-state index is 10.9. The molecule has 0 bridgehead atoms. The van der Waals surface area contributed by atoms with Crippen LogP contribution < -0.4 is 5.32 Å². The van der Waals surface area contributed by atoms with E-state index in [2.05, 4.69) is 21.2 Å². The molecule has 0 aliphatic rings. The molecule has 0 aromatic heterocycles. The lowest BCUT2D eigenvalue weighted by Crippen LogP contribution is -2.34. The highest BCUT2D eigenvalue weighted by Gasteiger charge is 2.03. The third-order valence-electron chi connectivity index (χ3n) is 0.914. The van der Waals surface area contributed by atoms with Gasteiger partial charge in [0.25, 0.3) is 0 Å². The average molecular weight is 226 g/mol. The molecule has 0 aliphatic heterocycles. The summed E-state index contributed by atoms with van der Waals surface area (Å²) in [4.78, 5) is 10.9. The number of hydrogen-bond donors (Lipinski definition) is 1. The molecule has 0 radical (unpaired) electrons. The minimum Gasteiger partial charge on any atom is -0.352 e. The van der Waals surface area contributed by atoms with Gasteiger partial charge in [0.1, 0.15) is 0 Å². The summed E-state index contributed by atoms with van der Waals surface area (Å²) in [6.45, 7) is 1.97. The number of carbonyl (C=O) groups is 1. The molecule has 10 heavy (non-hydrogen) atoms. The summed E-state index contributed by atoms with van der Waals surface area (Å²) in [6.07, 6.45) is 1.92. The van der Waals surface area contributed by atoms with Crippen molar-refractivity contribution in [1.29, 1.82) is 0 Å². The Hall–Kier alpha value is 0.300. The van der Waals surface area contributed by atoms with Gasteiger partial charge in [-0.3, -0.25) is 4.79 Å². The van der Waals surface area contributed by atoms with Gasteiger partial charge in [0.05, 0.1) is 5.75 Å². The number of rotatable bonds is 4. The van der Waals surface area contributed by atoms with E-state index in [1.807, 2.05) is 13.2 Å². The first-order valence-electron chi connectivity index (χ1n) is 3.05. The Balaban J connectivity index is 3.37. The van der Waals surface area contributed by atoms with Crippen LogP contribution in [0.15, 0.2) is 0 Å². The van der Waals surface area contributed by atoms with Crippen LogP contribution in [0.25, 0.3) is 0 Å². The van der Waals surface area contributed by atoms with Gasteiger partial charge in [-0.1, -0.05) is 15.9 Å². The molecular weight excluding hydrogens is 214 g/mol. The second-order valence-corrected chi connectivity index (χ2v) is 3.57. The van der Waals surface area contributed by atoms with Crippen LogP contribution in [0, 0.1) is 0 Å². The Kier molecular flexibility index (Phi) is 6.22. The van der Waals surface area contributed by atoms with Crippen molar-refractivity contribution in [1.82, 2.24) is 5.32 Å². The van der Waals surface area contributed by atoms with E-state index in [1.165, 1.54) is 11.8 Å². The van der Waals surface area contributed by atoms with Crippen molar-refractivity contribution in [3.8, 4) is 0 Å². The lowest BCUT2D eigenvalue weighted by molar-refractivity contribution is -0.118. The summed E-state index contributed by atoms with van der Waals surface area (Å²) in [5.41, 5.74) is 0. The molecule has 1 N–H and O–H groups in total. The lowest BCUT2D eigenvalue weighted by Gasteiger charge is -2.08. The topological polar surface area (TPSA) is 29.1 Å². The van der Waals surface area contributed by atoms with Crippen molar-refractivity contribution in [2.75, 3.05) is 17.3 Å². The van der Waals surface area contributed by atoms with Gasteiger partial charge >= 0.3 is 0 Å². The van der Waals surface area contributed by atoms with E-state index < -0.39 is 0 Å². The van der Waals surface area contributed by atoms with Crippen LogP contribution in [0.5, 0.6) is 0 Å². The van der Waals surface area contributed by atoms with Crippen molar-refractivity contribution < 1.29 is 4.79 Å². The molecule has 0 heterocycles. The van der Waals surface area contributed by atoms with Crippen LogP contribution in [0.4, 0.5) is 0 Å². The number of thioether (sulfide) groups is 1. The van der Waals surface area contributed by atoms with Crippen molar-refractivity contribution in [3.63, 3.8) is 0 Å². The molecule has 0 aromatic carbocycles. The molecule has 4 heteroatoms. The SMILES string of the molecule is CSCC(=O)NC(C)CBr. The third kappa shape index (κ3) is 5.11. The number of halogens is 1. The predicted molar refractivity (Wildman–Crippen MR) is 49.8 cm³/mol. The van der Waals surface area contributed by atoms with Crippen LogP contribution in [0.2, 0.25) is 0 Å². The molecule has 1 amide bonds. The Bertz CT molecular complexity index is 110. The largest absolute Gasteiger partial charge is 0.352 e. The third-order valence-corrected chi connectivity index (χ3v) is 2.44. The molecule has 0 aliphatic carbocycles. The summed E-state index contributed by atoms with van der Waals surface area (Å²) in [5.74, 6) is 0.664. The van der Waals surface area contributed by atoms with E-state index in [4.69, 9.17) is 0 Å². The van der Waals surface area contributed by atoms with Gasteiger partial charge in [-0.15, -0.1) is 0 Å². The fraction of sp³-hybridized carbons (Fsp3) is 0.833. The second kappa shape index (κ2) is 6.04. The molecule has 0 saturated heterocycles. The van der Waals surface area contributed by atoms with Crippen LogP contribution in [0.3, 0.4) is 0 Å². The smallest absolute Gasteiger partial charge is 0.230 e. The zero-order valence-electron chi connectivity index (χ0n) is 6.19. The molecule has 0 aromatic rings. The lowest BCUT2D eigenvalue weighted by atomic mass is 10.4. The maximum Gasteiger partial charge on any atom is 0.230 e. The van der Waals surface area contributed by atoms with E-state index >= 15 is 0 Å². The maximum absolute atomic E-state index is 10.9. The number of carbonyl (C=O) groups excluding carboxylic acids is 1. The molecule has 2 nitrogen and oxygen atoms in total. The predicted octanol–water partition coefficient (Wildman–Crippen LogP) is 1.25. The van der Waals surface area contributed by atoms with Gasteiger partial charge in [-0.25, -0.2) is 0 Å². The van der Waals surface area contributed by atoms with Crippen molar-refractivity contribution in [3.05, 3.63) is 0 Å². The molecular formula is C6H12BrNOS. The summed E-state index contributed by atoms with van der Waals surface area (Å²) < 4.78 is 0. The number of hydrogen-bond acceptors (Lipinski definition) is 2. The molecule has 0 spiro atoms. The van der Waals surface area contributed by atoms with Crippen LogP contribution in [0.1, 0.15) is 6.92 Å².